The fourth-order valence-electron chi connectivity index (χ4n) is 1.73. The van der Waals surface area contributed by atoms with Crippen LogP contribution in [0.15, 0.2) is 28.7 Å². The van der Waals surface area contributed by atoms with E-state index in [1.165, 1.54) is 5.56 Å². The molecule has 5 nitrogen and oxygen atoms in total. The summed E-state index contributed by atoms with van der Waals surface area (Å²) < 4.78 is 5.47. The highest BCUT2D eigenvalue weighted by Crippen LogP contribution is 2.10. The van der Waals surface area contributed by atoms with E-state index in [9.17, 15) is 0 Å². The van der Waals surface area contributed by atoms with Crippen LogP contribution >= 0.6 is 11.6 Å². The Morgan fingerprint density at radius 1 is 1.15 bits per heavy atom. The minimum atomic E-state index is 0.465. The second-order valence-electron chi connectivity index (χ2n) is 4.48. The van der Waals surface area contributed by atoms with Gasteiger partial charge in [-0.05, 0) is 37.1 Å². The molecule has 0 amide bonds. The molecule has 0 spiro atoms. The minimum Gasteiger partial charge on any atom is -0.407 e. The van der Waals surface area contributed by atoms with E-state index in [1.807, 2.05) is 24.3 Å². The van der Waals surface area contributed by atoms with E-state index in [-0.39, 0.29) is 0 Å². The van der Waals surface area contributed by atoms with Crippen LogP contribution in [0.25, 0.3) is 0 Å². The number of hydrogen-bond donors (Lipinski definition) is 2. The molecule has 1 heterocycles. The van der Waals surface area contributed by atoms with Crippen molar-refractivity contribution in [1.29, 1.82) is 0 Å². The Morgan fingerprint density at radius 2 is 1.95 bits per heavy atom. The van der Waals surface area contributed by atoms with Gasteiger partial charge in [-0.2, -0.15) is 0 Å². The fraction of sp³-hybridized carbons (Fsp3) is 0.429. The van der Waals surface area contributed by atoms with Crippen molar-refractivity contribution in [2.45, 2.75) is 26.3 Å². The summed E-state index contributed by atoms with van der Waals surface area (Å²) in [4.78, 5) is 0. The number of hydrogen-bond acceptors (Lipinski definition) is 5. The van der Waals surface area contributed by atoms with Crippen LogP contribution in [0.4, 0.5) is 6.01 Å². The first-order valence-corrected chi connectivity index (χ1v) is 7.17. The Labute approximate surface area is 123 Å². The molecule has 2 N–H and O–H groups in total. The van der Waals surface area contributed by atoms with Crippen molar-refractivity contribution in [3.8, 4) is 0 Å². The predicted molar refractivity (Wildman–Crippen MR) is 79.9 cm³/mol. The monoisotopic (exact) mass is 294 g/mol. The molecule has 0 aliphatic rings. The van der Waals surface area contributed by atoms with E-state index in [0.717, 1.165) is 31.0 Å². The van der Waals surface area contributed by atoms with Crippen molar-refractivity contribution >= 4 is 17.6 Å². The van der Waals surface area contributed by atoms with Crippen molar-refractivity contribution in [1.82, 2.24) is 15.5 Å². The number of nitrogens with one attached hydrogen (secondary N) is 2. The van der Waals surface area contributed by atoms with Gasteiger partial charge in [0.25, 0.3) is 0 Å². The van der Waals surface area contributed by atoms with Gasteiger partial charge in [0.1, 0.15) is 0 Å². The molecule has 0 aliphatic carbocycles. The molecule has 2 rings (SSSR count). The van der Waals surface area contributed by atoms with Crippen LogP contribution in [-0.4, -0.2) is 23.3 Å². The maximum absolute atomic E-state index is 5.84. The van der Waals surface area contributed by atoms with E-state index in [2.05, 4.69) is 27.8 Å². The van der Waals surface area contributed by atoms with Gasteiger partial charge in [0.2, 0.25) is 5.89 Å². The second-order valence-corrected chi connectivity index (χ2v) is 4.92. The lowest BCUT2D eigenvalue weighted by Crippen LogP contribution is -2.13. The molecule has 0 saturated heterocycles. The lowest BCUT2D eigenvalue weighted by molar-refractivity contribution is 0.477. The SMILES string of the molecule is CCCNCc1nnc(NCCc2ccc(Cl)cc2)o1. The molecule has 1 aromatic carbocycles. The quantitative estimate of drug-likeness (QED) is 0.733. The first-order valence-electron chi connectivity index (χ1n) is 6.79. The summed E-state index contributed by atoms with van der Waals surface area (Å²) in [7, 11) is 0. The first-order chi connectivity index (χ1) is 9.78. The molecular formula is C14H19ClN4O. The molecule has 108 valence electrons. The largest absolute Gasteiger partial charge is 0.407 e. The number of nitrogens with zero attached hydrogens (tertiary/aromatic N) is 2. The summed E-state index contributed by atoms with van der Waals surface area (Å²) in [5.74, 6) is 0.604. The number of anilines is 1. The highest BCUT2D eigenvalue weighted by molar-refractivity contribution is 6.30. The summed E-state index contributed by atoms with van der Waals surface area (Å²) in [5, 5.41) is 15.0. The number of benzene rings is 1. The van der Waals surface area contributed by atoms with Crippen LogP contribution < -0.4 is 10.6 Å². The second kappa shape index (κ2) is 7.87. The van der Waals surface area contributed by atoms with Gasteiger partial charge in [0.05, 0.1) is 6.54 Å². The molecular weight excluding hydrogens is 276 g/mol. The normalized spacial score (nSPS) is 10.7. The van der Waals surface area contributed by atoms with E-state index >= 15 is 0 Å². The zero-order chi connectivity index (χ0) is 14.2. The Morgan fingerprint density at radius 3 is 2.70 bits per heavy atom. The van der Waals surface area contributed by atoms with Gasteiger partial charge in [0.15, 0.2) is 0 Å². The maximum Gasteiger partial charge on any atom is 0.315 e. The van der Waals surface area contributed by atoms with Crippen molar-refractivity contribution in [3.63, 3.8) is 0 Å². The third-order valence-electron chi connectivity index (χ3n) is 2.77. The minimum absolute atomic E-state index is 0.465. The van der Waals surface area contributed by atoms with Crippen LogP contribution in [0.3, 0.4) is 0 Å². The van der Waals surface area contributed by atoms with Crippen LogP contribution in [-0.2, 0) is 13.0 Å². The molecule has 2 aromatic rings. The van der Waals surface area contributed by atoms with Crippen LogP contribution in [0.2, 0.25) is 5.02 Å². The van der Waals surface area contributed by atoms with Crippen LogP contribution in [0, 0.1) is 0 Å². The van der Waals surface area contributed by atoms with E-state index in [4.69, 9.17) is 16.0 Å². The lowest BCUT2D eigenvalue weighted by Gasteiger charge is -2.02. The molecule has 20 heavy (non-hydrogen) atoms. The number of halogens is 1. The summed E-state index contributed by atoms with van der Waals surface area (Å²) in [6.07, 6.45) is 1.96. The highest BCUT2D eigenvalue weighted by atomic mass is 35.5. The van der Waals surface area contributed by atoms with Gasteiger partial charge in [-0.25, -0.2) is 0 Å². The maximum atomic E-state index is 5.84. The average molecular weight is 295 g/mol. The van der Waals surface area contributed by atoms with Gasteiger partial charge < -0.3 is 15.1 Å². The Bertz CT molecular complexity index is 512. The smallest absolute Gasteiger partial charge is 0.315 e. The Hall–Kier alpha value is -1.59. The lowest BCUT2D eigenvalue weighted by atomic mass is 10.1. The molecule has 0 atom stereocenters. The number of aromatic nitrogens is 2. The average Bonchev–Trinajstić information content (AvgIpc) is 2.89. The van der Waals surface area contributed by atoms with Crippen molar-refractivity contribution in [3.05, 3.63) is 40.7 Å². The Balaban J connectivity index is 1.72. The number of rotatable bonds is 8. The van der Waals surface area contributed by atoms with E-state index < -0.39 is 0 Å². The van der Waals surface area contributed by atoms with Gasteiger partial charge in [-0.15, -0.1) is 5.10 Å². The topological polar surface area (TPSA) is 63.0 Å². The van der Waals surface area contributed by atoms with E-state index in [1.54, 1.807) is 0 Å². The van der Waals surface area contributed by atoms with Crippen LogP contribution in [0.1, 0.15) is 24.8 Å². The Kier molecular flexibility index (Phi) is 5.83. The molecule has 1 aromatic heterocycles. The molecule has 0 aliphatic heterocycles. The summed E-state index contributed by atoms with van der Waals surface area (Å²) in [5.41, 5.74) is 1.21. The first kappa shape index (κ1) is 14.8. The van der Waals surface area contributed by atoms with Crippen molar-refractivity contribution in [2.75, 3.05) is 18.4 Å². The highest BCUT2D eigenvalue weighted by Gasteiger charge is 2.04. The van der Waals surface area contributed by atoms with Gasteiger partial charge in [-0.3, -0.25) is 0 Å². The van der Waals surface area contributed by atoms with Gasteiger partial charge >= 0.3 is 6.01 Å². The van der Waals surface area contributed by atoms with Crippen molar-refractivity contribution in [2.24, 2.45) is 0 Å². The summed E-state index contributed by atoms with van der Waals surface area (Å²) in [6.45, 7) is 4.41. The third-order valence-corrected chi connectivity index (χ3v) is 3.02. The predicted octanol–water partition coefficient (Wildman–Crippen LogP) is 2.88. The molecule has 0 unspecified atom stereocenters. The van der Waals surface area contributed by atoms with Crippen LogP contribution in [0.5, 0.6) is 0 Å². The molecule has 0 saturated carbocycles. The van der Waals surface area contributed by atoms with Gasteiger partial charge in [-0.1, -0.05) is 35.8 Å². The fourth-order valence-corrected chi connectivity index (χ4v) is 1.86. The van der Waals surface area contributed by atoms with Gasteiger partial charge in [0, 0.05) is 11.6 Å². The summed E-state index contributed by atoms with van der Waals surface area (Å²) in [6, 6.07) is 8.27. The van der Waals surface area contributed by atoms with Crippen molar-refractivity contribution < 1.29 is 4.42 Å². The molecule has 0 radical (unpaired) electrons. The molecule has 0 fully saturated rings. The molecule has 6 heteroatoms. The van der Waals surface area contributed by atoms with E-state index in [0.29, 0.717) is 18.5 Å². The zero-order valence-electron chi connectivity index (χ0n) is 11.5. The summed E-state index contributed by atoms with van der Waals surface area (Å²) >= 11 is 5.84. The zero-order valence-corrected chi connectivity index (χ0v) is 12.3. The third kappa shape index (κ3) is 4.83. The molecule has 0 bridgehead atoms. The standard InChI is InChI=1S/C14H19ClN4O/c1-2-8-16-10-13-18-19-14(20-13)17-9-7-11-3-5-12(15)6-4-11/h3-6,16H,2,7-10H2,1H3,(H,17,19).